The third-order valence-electron chi connectivity index (χ3n) is 4.60. The summed E-state index contributed by atoms with van der Waals surface area (Å²) in [5, 5.41) is 28.7. The van der Waals surface area contributed by atoms with E-state index in [9.17, 15) is 19.8 Å². The van der Waals surface area contributed by atoms with Gasteiger partial charge in [0.1, 0.15) is 5.78 Å². The Bertz CT molecular complexity index is 573. The van der Waals surface area contributed by atoms with Crippen LogP contribution in [0.15, 0.2) is 48.6 Å². The normalized spacial score (nSPS) is 24.9. The minimum absolute atomic E-state index is 0.0305. The molecule has 4 atom stereocenters. The SMILES string of the molecule is CC/C=C\C[C@@H]1[C@@H](O)CC(=O)[C@@H]1/C=C/[C@@H](O)C/C=C\C/C=C\CCC(=O)O. The summed E-state index contributed by atoms with van der Waals surface area (Å²) in [5.74, 6) is -1.22. The molecule has 0 aromatic carbocycles. The van der Waals surface area contributed by atoms with Crippen molar-refractivity contribution in [1.82, 2.24) is 0 Å². The number of carboxylic acid groups (broad SMARTS) is 1. The van der Waals surface area contributed by atoms with Crippen LogP contribution in [0.5, 0.6) is 0 Å². The molecular formula is C22H32O5. The average molecular weight is 376 g/mol. The van der Waals surface area contributed by atoms with Crippen molar-refractivity contribution in [2.45, 2.75) is 64.1 Å². The Morgan fingerprint density at radius 1 is 1.19 bits per heavy atom. The summed E-state index contributed by atoms with van der Waals surface area (Å²) in [5.41, 5.74) is 0. The number of hydrogen-bond acceptors (Lipinski definition) is 4. The molecule has 0 radical (unpaired) electrons. The summed E-state index contributed by atoms with van der Waals surface area (Å²) in [7, 11) is 0. The summed E-state index contributed by atoms with van der Waals surface area (Å²) < 4.78 is 0. The number of carboxylic acids is 1. The maximum atomic E-state index is 12.1. The van der Waals surface area contributed by atoms with Crippen LogP contribution in [0.25, 0.3) is 0 Å². The van der Waals surface area contributed by atoms with Gasteiger partial charge >= 0.3 is 5.97 Å². The minimum atomic E-state index is -0.804. The third-order valence-corrected chi connectivity index (χ3v) is 4.60. The molecule has 1 saturated carbocycles. The second kappa shape index (κ2) is 13.2. The van der Waals surface area contributed by atoms with Crippen LogP contribution < -0.4 is 0 Å². The van der Waals surface area contributed by atoms with Gasteiger partial charge in [0.25, 0.3) is 0 Å². The quantitative estimate of drug-likeness (QED) is 0.453. The van der Waals surface area contributed by atoms with Crippen LogP contribution in [0.1, 0.15) is 51.9 Å². The van der Waals surface area contributed by atoms with E-state index in [1.807, 2.05) is 43.4 Å². The maximum absolute atomic E-state index is 12.1. The van der Waals surface area contributed by atoms with Crippen LogP contribution >= 0.6 is 0 Å². The van der Waals surface area contributed by atoms with Crippen LogP contribution in [0.3, 0.4) is 0 Å². The van der Waals surface area contributed by atoms with Crippen molar-refractivity contribution in [1.29, 1.82) is 0 Å². The van der Waals surface area contributed by atoms with Gasteiger partial charge in [-0.3, -0.25) is 9.59 Å². The van der Waals surface area contributed by atoms with E-state index >= 15 is 0 Å². The van der Waals surface area contributed by atoms with Crippen LogP contribution in [0.4, 0.5) is 0 Å². The highest BCUT2D eigenvalue weighted by Gasteiger charge is 2.39. The molecule has 0 aromatic heterocycles. The Morgan fingerprint density at radius 3 is 2.63 bits per heavy atom. The van der Waals surface area contributed by atoms with E-state index in [4.69, 9.17) is 5.11 Å². The van der Waals surface area contributed by atoms with Crippen molar-refractivity contribution >= 4 is 11.8 Å². The first-order chi connectivity index (χ1) is 13.0. The molecule has 0 heterocycles. The average Bonchev–Trinajstić information content (AvgIpc) is 2.88. The molecule has 150 valence electrons. The summed E-state index contributed by atoms with van der Waals surface area (Å²) in [6, 6.07) is 0. The Hall–Kier alpha value is -1.98. The number of allylic oxidation sites excluding steroid dienone is 6. The lowest BCUT2D eigenvalue weighted by Crippen LogP contribution is -2.19. The van der Waals surface area contributed by atoms with Crippen LogP contribution in [-0.4, -0.2) is 39.3 Å². The molecule has 1 rings (SSSR count). The molecule has 0 aromatic rings. The molecule has 0 spiro atoms. The zero-order valence-electron chi connectivity index (χ0n) is 16.0. The van der Waals surface area contributed by atoms with E-state index in [0.717, 1.165) is 6.42 Å². The highest BCUT2D eigenvalue weighted by atomic mass is 16.4. The van der Waals surface area contributed by atoms with E-state index in [1.54, 1.807) is 12.2 Å². The number of hydrogen-bond donors (Lipinski definition) is 3. The van der Waals surface area contributed by atoms with Crippen LogP contribution in [0, 0.1) is 11.8 Å². The van der Waals surface area contributed by atoms with Crippen molar-refractivity contribution in [3.05, 3.63) is 48.6 Å². The number of carbonyl (C=O) groups excluding carboxylic acids is 1. The fraction of sp³-hybridized carbons (Fsp3) is 0.545. The molecule has 1 aliphatic rings. The minimum Gasteiger partial charge on any atom is -0.481 e. The first kappa shape index (κ1) is 23.1. The lowest BCUT2D eigenvalue weighted by atomic mass is 9.90. The maximum Gasteiger partial charge on any atom is 0.303 e. The van der Waals surface area contributed by atoms with Crippen molar-refractivity contribution in [2.24, 2.45) is 11.8 Å². The number of ketones is 1. The second-order valence-corrected chi connectivity index (χ2v) is 6.84. The molecule has 3 N–H and O–H groups in total. The zero-order valence-corrected chi connectivity index (χ0v) is 16.0. The van der Waals surface area contributed by atoms with Gasteiger partial charge in [0.2, 0.25) is 0 Å². The second-order valence-electron chi connectivity index (χ2n) is 6.84. The summed E-state index contributed by atoms with van der Waals surface area (Å²) in [4.78, 5) is 22.5. The molecular weight excluding hydrogens is 344 g/mol. The van der Waals surface area contributed by atoms with E-state index in [0.29, 0.717) is 25.7 Å². The van der Waals surface area contributed by atoms with Gasteiger partial charge in [-0.05, 0) is 32.1 Å². The van der Waals surface area contributed by atoms with Gasteiger partial charge in [-0.1, -0.05) is 55.5 Å². The summed E-state index contributed by atoms with van der Waals surface area (Å²) >= 11 is 0. The number of rotatable bonds is 12. The molecule has 0 bridgehead atoms. The molecule has 27 heavy (non-hydrogen) atoms. The highest BCUT2D eigenvalue weighted by Crippen LogP contribution is 2.33. The Morgan fingerprint density at radius 2 is 1.93 bits per heavy atom. The van der Waals surface area contributed by atoms with Gasteiger partial charge in [0.05, 0.1) is 12.2 Å². The van der Waals surface area contributed by atoms with E-state index in [-0.39, 0.29) is 30.5 Å². The first-order valence-corrected chi connectivity index (χ1v) is 9.69. The van der Waals surface area contributed by atoms with Gasteiger partial charge < -0.3 is 15.3 Å². The number of aliphatic carboxylic acids is 1. The van der Waals surface area contributed by atoms with Gasteiger partial charge in [0, 0.05) is 24.7 Å². The lowest BCUT2D eigenvalue weighted by Gasteiger charge is -2.16. The fourth-order valence-corrected chi connectivity index (χ4v) is 3.10. The number of carbonyl (C=O) groups is 2. The molecule has 5 nitrogen and oxygen atoms in total. The van der Waals surface area contributed by atoms with Crippen molar-refractivity contribution < 1.29 is 24.9 Å². The topological polar surface area (TPSA) is 94.8 Å². The lowest BCUT2D eigenvalue weighted by molar-refractivity contribution is -0.136. The Labute approximate surface area is 161 Å². The first-order valence-electron chi connectivity index (χ1n) is 9.69. The smallest absolute Gasteiger partial charge is 0.303 e. The molecule has 5 heteroatoms. The monoisotopic (exact) mass is 376 g/mol. The zero-order chi connectivity index (χ0) is 20.1. The molecule has 0 saturated heterocycles. The Kier molecular flexibility index (Phi) is 11.3. The summed E-state index contributed by atoms with van der Waals surface area (Å²) in [6.45, 7) is 2.04. The van der Waals surface area contributed by atoms with E-state index in [1.165, 1.54) is 0 Å². The van der Waals surface area contributed by atoms with Gasteiger partial charge in [0.15, 0.2) is 0 Å². The van der Waals surface area contributed by atoms with Crippen molar-refractivity contribution in [3.8, 4) is 0 Å². The van der Waals surface area contributed by atoms with Gasteiger partial charge in [-0.25, -0.2) is 0 Å². The van der Waals surface area contributed by atoms with Crippen LogP contribution in [0.2, 0.25) is 0 Å². The summed E-state index contributed by atoms with van der Waals surface area (Å²) in [6.07, 6.45) is 17.2. The van der Waals surface area contributed by atoms with Crippen molar-refractivity contribution in [3.63, 3.8) is 0 Å². The predicted molar refractivity (Wildman–Crippen MR) is 106 cm³/mol. The number of aliphatic hydroxyl groups excluding tert-OH is 2. The predicted octanol–water partition coefficient (Wildman–Crippen LogP) is 3.58. The van der Waals surface area contributed by atoms with E-state index < -0.39 is 18.2 Å². The molecule has 1 fully saturated rings. The van der Waals surface area contributed by atoms with Gasteiger partial charge in [-0.15, -0.1) is 0 Å². The molecule has 0 unspecified atom stereocenters. The highest BCUT2D eigenvalue weighted by molar-refractivity contribution is 5.86. The van der Waals surface area contributed by atoms with E-state index in [2.05, 4.69) is 0 Å². The Balaban J connectivity index is 2.40. The molecule has 0 amide bonds. The largest absolute Gasteiger partial charge is 0.481 e. The molecule has 0 aliphatic heterocycles. The fourth-order valence-electron chi connectivity index (χ4n) is 3.10. The van der Waals surface area contributed by atoms with Crippen molar-refractivity contribution in [2.75, 3.05) is 0 Å². The standard InChI is InChI=1S/C22H32O5/c1-2-3-8-12-18-19(21(25)16-20(18)24)15-14-17(23)11-9-6-4-5-7-10-13-22(26)27/h3,5-9,14-15,17-20,23-24H,2,4,10-13,16H2,1H3,(H,26,27)/b7-5-,8-3-,9-6-,15-14+/t17-,18-,19+,20-/m0/s1. The van der Waals surface area contributed by atoms with Gasteiger partial charge in [-0.2, -0.15) is 0 Å². The van der Waals surface area contributed by atoms with Crippen LogP contribution in [-0.2, 0) is 9.59 Å². The number of Topliss-reactive ketones (excluding diaryl/α,β-unsaturated/α-hetero) is 1. The number of aliphatic hydroxyl groups is 2. The molecule has 1 aliphatic carbocycles. The third kappa shape index (κ3) is 9.50.